The van der Waals surface area contributed by atoms with Crippen molar-refractivity contribution < 1.29 is 14.3 Å². The Bertz CT molecular complexity index is 1040. The highest BCUT2D eigenvalue weighted by atomic mass is 16.5. The SMILES string of the molecule is COc1cc(C(=O)N2CCN(c3ccnc(-c4ccccc4)n3)CC2)cc(OC)c1C. The Hall–Kier alpha value is -3.61. The molecule has 2 heterocycles. The molecule has 1 aliphatic rings. The lowest BCUT2D eigenvalue weighted by molar-refractivity contribution is 0.0745. The van der Waals surface area contributed by atoms with Gasteiger partial charge in [-0.3, -0.25) is 4.79 Å². The minimum absolute atomic E-state index is 0.0242. The predicted octanol–water partition coefficient (Wildman–Crippen LogP) is 3.43. The average molecular weight is 418 g/mol. The maximum Gasteiger partial charge on any atom is 0.254 e. The fourth-order valence-corrected chi connectivity index (χ4v) is 3.78. The summed E-state index contributed by atoms with van der Waals surface area (Å²) in [7, 11) is 3.19. The van der Waals surface area contributed by atoms with Crippen LogP contribution in [-0.4, -0.2) is 61.2 Å². The number of hydrogen-bond acceptors (Lipinski definition) is 6. The smallest absolute Gasteiger partial charge is 0.254 e. The number of carbonyl (C=O) groups is 1. The third-order valence-electron chi connectivity index (χ3n) is 5.56. The number of rotatable bonds is 5. The number of carbonyl (C=O) groups excluding carboxylic acids is 1. The number of aromatic nitrogens is 2. The molecule has 0 bridgehead atoms. The van der Waals surface area contributed by atoms with E-state index in [0.29, 0.717) is 49.1 Å². The summed E-state index contributed by atoms with van der Waals surface area (Å²) in [5, 5.41) is 0. The number of methoxy groups -OCH3 is 2. The van der Waals surface area contributed by atoms with E-state index in [1.807, 2.05) is 48.2 Å². The van der Waals surface area contributed by atoms with Crippen LogP contribution in [0.1, 0.15) is 15.9 Å². The minimum Gasteiger partial charge on any atom is -0.496 e. The predicted molar refractivity (Wildman–Crippen MR) is 120 cm³/mol. The zero-order valence-electron chi connectivity index (χ0n) is 18.0. The number of nitrogens with zero attached hydrogens (tertiary/aromatic N) is 4. The van der Waals surface area contributed by atoms with Crippen LogP contribution in [0.15, 0.2) is 54.7 Å². The first kappa shape index (κ1) is 20.7. The molecular formula is C24H26N4O3. The highest BCUT2D eigenvalue weighted by Crippen LogP contribution is 2.30. The van der Waals surface area contributed by atoms with Gasteiger partial charge in [0.1, 0.15) is 17.3 Å². The summed E-state index contributed by atoms with van der Waals surface area (Å²) in [5.41, 5.74) is 2.44. The van der Waals surface area contributed by atoms with Gasteiger partial charge in [0.2, 0.25) is 0 Å². The molecule has 1 saturated heterocycles. The van der Waals surface area contributed by atoms with Gasteiger partial charge in [-0.05, 0) is 25.1 Å². The molecule has 0 atom stereocenters. The lowest BCUT2D eigenvalue weighted by atomic mass is 10.1. The number of hydrogen-bond donors (Lipinski definition) is 0. The van der Waals surface area contributed by atoms with Crippen LogP contribution in [0, 0.1) is 6.92 Å². The van der Waals surface area contributed by atoms with Crippen molar-refractivity contribution in [1.29, 1.82) is 0 Å². The molecule has 0 N–H and O–H groups in total. The molecule has 1 fully saturated rings. The topological polar surface area (TPSA) is 67.8 Å². The molecule has 3 aromatic rings. The van der Waals surface area contributed by atoms with E-state index >= 15 is 0 Å². The van der Waals surface area contributed by atoms with Crippen LogP contribution < -0.4 is 14.4 Å². The summed E-state index contributed by atoms with van der Waals surface area (Å²) in [4.78, 5) is 26.3. The molecule has 0 unspecified atom stereocenters. The quantitative estimate of drug-likeness (QED) is 0.632. The molecule has 7 heteroatoms. The summed E-state index contributed by atoms with van der Waals surface area (Å²) >= 11 is 0. The van der Waals surface area contributed by atoms with Crippen LogP contribution >= 0.6 is 0 Å². The summed E-state index contributed by atoms with van der Waals surface area (Å²) < 4.78 is 10.8. The van der Waals surface area contributed by atoms with E-state index in [1.165, 1.54) is 0 Å². The summed E-state index contributed by atoms with van der Waals surface area (Å²) in [5.74, 6) is 2.85. The maximum absolute atomic E-state index is 13.1. The molecule has 0 spiro atoms. The molecule has 0 aliphatic carbocycles. The van der Waals surface area contributed by atoms with Crippen molar-refractivity contribution in [3.63, 3.8) is 0 Å². The lowest BCUT2D eigenvalue weighted by Crippen LogP contribution is -2.49. The lowest BCUT2D eigenvalue weighted by Gasteiger charge is -2.35. The Labute approximate surface area is 182 Å². The van der Waals surface area contributed by atoms with Crippen LogP contribution in [0.3, 0.4) is 0 Å². The molecule has 0 radical (unpaired) electrons. The number of benzene rings is 2. The van der Waals surface area contributed by atoms with Crippen LogP contribution in [0.5, 0.6) is 11.5 Å². The van der Waals surface area contributed by atoms with Crippen molar-refractivity contribution in [3.8, 4) is 22.9 Å². The third-order valence-corrected chi connectivity index (χ3v) is 5.56. The molecule has 1 amide bonds. The highest BCUT2D eigenvalue weighted by molar-refractivity contribution is 5.95. The van der Waals surface area contributed by atoms with Gasteiger partial charge in [0.05, 0.1) is 14.2 Å². The molecule has 7 nitrogen and oxygen atoms in total. The van der Waals surface area contributed by atoms with Crippen molar-refractivity contribution in [3.05, 3.63) is 65.9 Å². The first-order valence-corrected chi connectivity index (χ1v) is 10.3. The van der Waals surface area contributed by atoms with Gasteiger partial charge in [0.25, 0.3) is 5.91 Å². The Balaban J connectivity index is 1.46. The Kier molecular flexibility index (Phi) is 6.02. The fraction of sp³-hybridized carbons (Fsp3) is 0.292. The van der Waals surface area contributed by atoms with Gasteiger partial charge in [-0.25, -0.2) is 9.97 Å². The first-order chi connectivity index (χ1) is 15.1. The number of amides is 1. The van der Waals surface area contributed by atoms with Crippen LogP contribution in [0.4, 0.5) is 5.82 Å². The van der Waals surface area contributed by atoms with E-state index in [-0.39, 0.29) is 5.91 Å². The summed E-state index contributed by atoms with van der Waals surface area (Å²) in [6.45, 7) is 4.55. The first-order valence-electron chi connectivity index (χ1n) is 10.3. The highest BCUT2D eigenvalue weighted by Gasteiger charge is 2.24. The van der Waals surface area contributed by atoms with Gasteiger partial charge in [0.15, 0.2) is 5.82 Å². The summed E-state index contributed by atoms with van der Waals surface area (Å²) in [6.07, 6.45) is 1.78. The van der Waals surface area contributed by atoms with Crippen molar-refractivity contribution in [1.82, 2.24) is 14.9 Å². The second-order valence-corrected chi connectivity index (χ2v) is 7.39. The van der Waals surface area contributed by atoms with Gasteiger partial charge < -0.3 is 19.3 Å². The van der Waals surface area contributed by atoms with Gasteiger partial charge in [-0.1, -0.05) is 30.3 Å². The third kappa shape index (κ3) is 4.30. The maximum atomic E-state index is 13.1. The van der Waals surface area contributed by atoms with E-state index in [2.05, 4.69) is 9.88 Å². The molecule has 1 aromatic heterocycles. The zero-order valence-corrected chi connectivity index (χ0v) is 18.0. The molecule has 4 rings (SSSR count). The van der Waals surface area contributed by atoms with Crippen molar-refractivity contribution >= 4 is 11.7 Å². The van der Waals surface area contributed by atoms with E-state index in [0.717, 1.165) is 16.9 Å². The summed E-state index contributed by atoms with van der Waals surface area (Å²) in [6, 6.07) is 15.4. The van der Waals surface area contributed by atoms with Gasteiger partial charge >= 0.3 is 0 Å². The van der Waals surface area contributed by atoms with Crippen LogP contribution in [0.25, 0.3) is 11.4 Å². The monoisotopic (exact) mass is 418 g/mol. The zero-order chi connectivity index (χ0) is 21.8. The van der Waals surface area contributed by atoms with Crippen LogP contribution in [0.2, 0.25) is 0 Å². The van der Waals surface area contributed by atoms with E-state index in [1.54, 1.807) is 32.5 Å². The van der Waals surface area contributed by atoms with E-state index in [9.17, 15) is 4.79 Å². The molecular weight excluding hydrogens is 392 g/mol. The number of anilines is 1. The second kappa shape index (κ2) is 9.04. The Morgan fingerprint density at radius 3 is 2.19 bits per heavy atom. The minimum atomic E-state index is -0.0242. The fourth-order valence-electron chi connectivity index (χ4n) is 3.78. The molecule has 31 heavy (non-hydrogen) atoms. The normalized spacial score (nSPS) is 13.8. The van der Waals surface area contributed by atoms with Gasteiger partial charge in [0, 0.05) is 49.1 Å². The number of ether oxygens (including phenoxy) is 2. The van der Waals surface area contributed by atoms with Crippen molar-refractivity contribution in [2.24, 2.45) is 0 Å². The molecule has 160 valence electrons. The second-order valence-electron chi connectivity index (χ2n) is 7.39. The van der Waals surface area contributed by atoms with E-state index < -0.39 is 0 Å². The Morgan fingerprint density at radius 1 is 0.935 bits per heavy atom. The average Bonchev–Trinajstić information content (AvgIpc) is 2.84. The van der Waals surface area contributed by atoms with E-state index in [4.69, 9.17) is 14.5 Å². The standard InChI is InChI=1S/C24H26N4O3/c1-17-20(30-2)15-19(16-21(17)31-3)24(29)28-13-11-27(12-14-28)22-9-10-25-23(26-22)18-7-5-4-6-8-18/h4-10,15-16H,11-14H2,1-3H3. The van der Waals surface area contributed by atoms with Crippen molar-refractivity contribution in [2.45, 2.75) is 6.92 Å². The van der Waals surface area contributed by atoms with Gasteiger partial charge in [-0.2, -0.15) is 0 Å². The largest absolute Gasteiger partial charge is 0.496 e. The Morgan fingerprint density at radius 2 is 1.58 bits per heavy atom. The van der Waals surface area contributed by atoms with Gasteiger partial charge in [-0.15, -0.1) is 0 Å². The van der Waals surface area contributed by atoms with Crippen LogP contribution in [-0.2, 0) is 0 Å². The molecule has 1 aliphatic heterocycles. The number of piperazine rings is 1. The molecule has 2 aromatic carbocycles. The molecule has 0 saturated carbocycles. The van der Waals surface area contributed by atoms with Crippen molar-refractivity contribution in [2.75, 3.05) is 45.3 Å².